The maximum absolute atomic E-state index is 10.6. The van der Waals surface area contributed by atoms with Crippen molar-refractivity contribution in [3.63, 3.8) is 0 Å². The van der Waals surface area contributed by atoms with E-state index >= 15 is 0 Å². The lowest BCUT2D eigenvalue weighted by Crippen LogP contribution is -2.08. The average molecular weight is 419 g/mol. The van der Waals surface area contributed by atoms with Crippen LogP contribution in [-0.4, -0.2) is 17.7 Å². The van der Waals surface area contributed by atoms with Crippen LogP contribution in [0.15, 0.2) is 65.1 Å². The first-order valence-electron chi connectivity index (χ1n) is 8.62. The van der Waals surface area contributed by atoms with E-state index in [-0.39, 0.29) is 6.61 Å². The number of carbonyl (C=O) groups is 1. The topological polar surface area (TPSA) is 98.6 Å². The zero-order valence-electron chi connectivity index (χ0n) is 15.5. The molecule has 7 heteroatoms. The predicted octanol–water partition coefficient (Wildman–Crippen LogP) is 4.62. The smallest absolute Gasteiger partial charge is 0.328 e. The van der Waals surface area contributed by atoms with Gasteiger partial charge >= 0.3 is 5.97 Å². The minimum atomic E-state index is -0.916. The van der Waals surface area contributed by atoms with Gasteiger partial charge in [-0.05, 0) is 67.1 Å². The number of hydrogen-bond acceptors (Lipinski definition) is 5. The van der Waals surface area contributed by atoms with Crippen LogP contribution in [0.3, 0.4) is 0 Å². The van der Waals surface area contributed by atoms with Crippen molar-refractivity contribution in [2.24, 2.45) is 10.9 Å². The van der Waals surface area contributed by atoms with Gasteiger partial charge in [-0.25, -0.2) is 4.79 Å². The van der Waals surface area contributed by atoms with Gasteiger partial charge in [-0.15, -0.1) is 0 Å². The number of allylic oxidation sites excluding steroid dienone is 1. The molecule has 5 nitrogen and oxygen atoms in total. The Morgan fingerprint density at radius 3 is 2.39 bits per heavy atom. The Labute approximate surface area is 174 Å². The van der Waals surface area contributed by atoms with Crippen LogP contribution in [0.1, 0.15) is 24.5 Å². The number of hydrogen-bond donors (Lipinski definition) is 3. The Morgan fingerprint density at radius 1 is 1.18 bits per heavy atom. The van der Waals surface area contributed by atoms with Crippen molar-refractivity contribution in [2.45, 2.75) is 19.8 Å². The fourth-order valence-corrected chi connectivity index (χ4v) is 2.99. The number of halogens is 1. The third-order valence-corrected chi connectivity index (χ3v) is 4.94. The van der Waals surface area contributed by atoms with Crippen LogP contribution < -0.4 is 15.6 Å². The van der Waals surface area contributed by atoms with Gasteiger partial charge in [-0.3, -0.25) is 5.14 Å². The molecule has 0 heterocycles. The summed E-state index contributed by atoms with van der Waals surface area (Å²) in [5, 5.41) is 15.1. The molecule has 0 fully saturated rings. The summed E-state index contributed by atoms with van der Waals surface area (Å²) in [6.07, 6.45) is 2.70. The Kier molecular flexibility index (Phi) is 8.44. The molecule has 0 atom stereocenters. The molecule has 0 aliphatic heterocycles. The number of aliphatic carboxylic acids is 1. The van der Waals surface area contributed by atoms with Crippen LogP contribution in [0.4, 0.5) is 0 Å². The van der Waals surface area contributed by atoms with Crippen LogP contribution >= 0.6 is 23.5 Å². The lowest BCUT2D eigenvalue weighted by atomic mass is 10.1. The van der Waals surface area contributed by atoms with E-state index < -0.39 is 5.97 Å². The van der Waals surface area contributed by atoms with Crippen molar-refractivity contribution < 1.29 is 14.6 Å². The summed E-state index contributed by atoms with van der Waals surface area (Å²) in [6.45, 7) is 2.07. The predicted molar refractivity (Wildman–Crippen MR) is 116 cm³/mol. The molecule has 2 aromatic rings. The Bertz CT molecular complexity index is 862. The molecule has 0 radical (unpaired) electrons. The van der Waals surface area contributed by atoms with E-state index in [2.05, 4.69) is 0 Å². The summed E-state index contributed by atoms with van der Waals surface area (Å²) in [6, 6.07) is 14.9. The molecule has 0 saturated heterocycles. The van der Waals surface area contributed by atoms with Crippen LogP contribution in [-0.2, 0) is 11.2 Å². The first kappa shape index (κ1) is 21.9. The van der Waals surface area contributed by atoms with E-state index in [0.717, 1.165) is 40.0 Å². The summed E-state index contributed by atoms with van der Waals surface area (Å²) < 4.78 is 5.80. The highest BCUT2D eigenvalue weighted by molar-refractivity contribution is 8.01. The molecular weight excluding hydrogens is 396 g/mol. The second-order valence-electron chi connectivity index (χ2n) is 6.22. The molecule has 0 aromatic heterocycles. The van der Waals surface area contributed by atoms with Gasteiger partial charge in [-0.1, -0.05) is 41.4 Å². The van der Waals surface area contributed by atoms with Gasteiger partial charge in [0.05, 0.1) is 10.6 Å². The molecule has 0 aliphatic carbocycles. The van der Waals surface area contributed by atoms with Crippen molar-refractivity contribution in [1.29, 1.82) is 0 Å². The van der Waals surface area contributed by atoms with Gasteiger partial charge in [0.1, 0.15) is 12.4 Å². The highest BCUT2D eigenvalue weighted by Gasteiger charge is 2.08. The molecule has 0 aliphatic rings. The van der Waals surface area contributed by atoms with Crippen molar-refractivity contribution in [1.82, 2.24) is 0 Å². The number of rotatable bonds is 9. The first-order valence-corrected chi connectivity index (χ1v) is 9.88. The van der Waals surface area contributed by atoms with E-state index in [1.165, 1.54) is 6.08 Å². The van der Waals surface area contributed by atoms with Gasteiger partial charge in [0.2, 0.25) is 0 Å². The highest BCUT2D eigenvalue weighted by atomic mass is 35.5. The molecule has 2 rings (SSSR count). The average Bonchev–Trinajstić information content (AvgIpc) is 2.67. The summed E-state index contributed by atoms with van der Waals surface area (Å²) in [7, 11) is 0. The number of benzene rings is 2. The summed E-state index contributed by atoms with van der Waals surface area (Å²) in [4.78, 5) is 11.4. The van der Waals surface area contributed by atoms with Crippen molar-refractivity contribution in [3.05, 3.63) is 81.2 Å². The van der Waals surface area contributed by atoms with Crippen LogP contribution in [0, 0.1) is 0 Å². The van der Waals surface area contributed by atoms with Crippen molar-refractivity contribution >= 4 is 35.2 Å². The zero-order chi connectivity index (χ0) is 20.5. The maximum Gasteiger partial charge on any atom is 0.328 e. The lowest BCUT2D eigenvalue weighted by Gasteiger charge is -2.12. The second-order valence-corrected chi connectivity index (χ2v) is 7.39. The molecule has 148 valence electrons. The SMILES string of the molecule is C/C(=C\C(=O)O)CCc1ccc(OC/C(SN)=C(/N)c2ccc(Cl)cc2)cc1. The quantitative estimate of drug-likeness (QED) is 0.406. The molecule has 0 spiro atoms. The molecule has 5 N–H and O–H groups in total. The van der Waals surface area contributed by atoms with E-state index in [0.29, 0.717) is 22.9 Å². The summed E-state index contributed by atoms with van der Waals surface area (Å²) >= 11 is 6.96. The lowest BCUT2D eigenvalue weighted by molar-refractivity contribution is -0.131. The standard InChI is InChI=1S/C21H23ClN2O3S/c1-14(12-20(25)26)2-3-15-4-10-18(11-5-15)27-13-19(28-24)21(23)16-6-8-17(22)9-7-16/h4-12H,2-3,13,23-24H2,1H3,(H,25,26)/b14-12+,21-19-. The largest absolute Gasteiger partial charge is 0.488 e. The van der Waals surface area contributed by atoms with Crippen molar-refractivity contribution in [2.75, 3.05) is 6.61 Å². The van der Waals surface area contributed by atoms with Gasteiger partial charge in [0.15, 0.2) is 0 Å². The molecule has 2 aromatic carbocycles. The third kappa shape index (κ3) is 6.96. The summed E-state index contributed by atoms with van der Waals surface area (Å²) in [5.41, 5.74) is 9.53. The highest BCUT2D eigenvalue weighted by Crippen LogP contribution is 2.23. The van der Waals surface area contributed by atoms with Crippen molar-refractivity contribution in [3.8, 4) is 5.75 Å². The third-order valence-electron chi connectivity index (χ3n) is 4.07. The van der Waals surface area contributed by atoms with Gasteiger partial charge in [-0.2, -0.15) is 0 Å². The Morgan fingerprint density at radius 2 is 1.82 bits per heavy atom. The maximum atomic E-state index is 10.6. The van der Waals surface area contributed by atoms with E-state index in [1.807, 2.05) is 43.3 Å². The Balaban J connectivity index is 1.96. The monoisotopic (exact) mass is 418 g/mol. The minimum Gasteiger partial charge on any atom is -0.488 e. The van der Waals surface area contributed by atoms with E-state index in [4.69, 9.17) is 32.3 Å². The number of carboxylic acids is 1. The van der Waals surface area contributed by atoms with E-state index in [9.17, 15) is 4.79 Å². The molecule has 28 heavy (non-hydrogen) atoms. The van der Waals surface area contributed by atoms with Crippen LogP contribution in [0.25, 0.3) is 5.70 Å². The van der Waals surface area contributed by atoms with Gasteiger partial charge < -0.3 is 15.6 Å². The number of nitrogens with two attached hydrogens (primary N) is 2. The number of carboxylic acid groups (broad SMARTS) is 1. The zero-order valence-corrected chi connectivity index (χ0v) is 17.1. The second kappa shape index (κ2) is 10.8. The molecule has 0 bridgehead atoms. The number of ether oxygens (including phenoxy) is 1. The van der Waals surface area contributed by atoms with Gasteiger partial charge in [0, 0.05) is 11.1 Å². The molecular formula is C21H23ClN2O3S. The fraction of sp³-hybridized carbons (Fsp3) is 0.190. The fourth-order valence-electron chi connectivity index (χ4n) is 2.49. The normalized spacial score (nSPS) is 12.5. The molecule has 0 amide bonds. The minimum absolute atomic E-state index is 0.259. The van der Waals surface area contributed by atoms with Crippen LogP contribution in [0.5, 0.6) is 5.75 Å². The van der Waals surface area contributed by atoms with Crippen LogP contribution in [0.2, 0.25) is 5.02 Å². The Hall–Kier alpha value is -2.41. The first-order chi connectivity index (χ1) is 13.4. The van der Waals surface area contributed by atoms with E-state index in [1.54, 1.807) is 12.1 Å². The summed E-state index contributed by atoms with van der Waals surface area (Å²) in [5.74, 6) is -0.210. The van der Waals surface area contributed by atoms with Gasteiger partial charge in [0.25, 0.3) is 0 Å². The molecule has 0 saturated carbocycles. The number of aryl methyl sites for hydroxylation is 1. The molecule has 0 unspecified atom stereocenters.